The topological polar surface area (TPSA) is 93.2 Å². The highest BCUT2D eigenvalue weighted by molar-refractivity contribution is 6.07. The van der Waals surface area contributed by atoms with Crippen LogP contribution < -0.4 is 10.6 Å². The zero-order chi connectivity index (χ0) is 20.6. The summed E-state index contributed by atoms with van der Waals surface area (Å²) in [4.78, 5) is 24.5. The van der Waals surface area contributed by atoms with Crippen LogP contribution in [-0.4, -0.2) is 28.7 Å². The summed E-state index contributed by atoms with van der Waals surface area (Å²) in [7, 11) is 0. The maximum Gasteiger partial charge on any atom is 0.340 e. The number of anilines is 2. The molecule has 29 heavy (non-hydrogen) atoms. The first-order valence-corrected chi connectivity index (χ1v) is 8.97. The summed E-state index contributed by atoms with van der Waals surface area (Å²) >= 11 is 0. The van der Waals surface area contributed by atoms with Crippen molar-refractivity contribution >= 4 is 23.4 Å². The van der Waals surface area contributed by atoms with Crippen LogP contribution in [0.15, 0.2) is 60.7 Å². The van der Waals surface area contributed by atoms with Crippen LogP contribution in [0.3, 0.4) is 0 Å². The summed E-state index contributed by atoms with van der Waals surface area (Å²) in [5.74, 6) is -0.960. The van der Waals surface area contributed by atoms with Crippen molar-refractivity contribution in [1.29, 1.82) is 0 Å². The summed E-state index contributed by atoms with van der Waals surface area (Å²) in [6, 6.07) is 16.0. The fraction of sp³-hybridized carbons (Fsp3) is 0.143. The third kappa shape index (κ3) is 5.13. The molecule has 2 N–H and O–H groups in total. The van der Waals surface area contributed by atoms with Crippen molar-refractivity contribution in [1.82, 2.24) is 10.2 Å². The molecule has 7 nitrogen and oxygen atoms in total. The van der Waals surface area contributed by atoms with E-state index in [2.05, 4.69) is 20.8 Å². The predicted molar refractivity (Wildman–Crippen MR) is 106 cm³/mol. The molecule has 3 aromatic rings. The number of rotatable bonds is 7. The van der Waals surface area contributed by atoms with E-state index >= 15 is 0 Å². The lowest BCUT2D eigenvalue weighted by Crippen LogP contribution is -2.17. The van der Waals surface area contributed by atoms with E-state index in [-0.39, 0.29) is 30.2 Å². The third-order valence-corrected chi connectivity index (χ3v) is 3.99. The summed E-state index contributed by atoms with van der Waals surface area (Å²) in [6.45, 7) is 2.17. The molecule has 148 valence electrons. The Bertz CT molecular complexity index is 1010. The zero-order valence-electron chi connectivity index (χ0n) is 15.7. The van der Waals surface area contributed by atoms with Crippen LogP contribution in [-0.2, 0) is 11.3 Å². The monoisotopic (exact) mass is 394 g/mol. The van der Waals surface area contributed by atoms with Crippen LogP contribution in [0.1, 0.15) is 33.3 Å². The minimum absolute atomic E-state index is 0.0695. The maximum absolute atomic E-state index is 13.6. The Hall–Kier alpha value is -3.81. The van der Waals surface area contributed by atoms with E-state index in [1.54, 1.807) is 55.5 Å². The quantitative estimate of drug-likeness (QED) is 0.594. The first kappa shape index (κ1) is 19.9. The van der Waals surface area contributed by atoms with Crippen molar-refractivity contribution in [2.45, 2.75) is 13.5 Å². The average Bonchev–Trinajstić information content (AvgIpc) is 2.74. The molecule has 3 rings (SSSR count). The average molecular weight is 394 g/mol. The largest absolute Gasteiger partial charge is 0.462 e. The van der Waals surface area contributed by atoms with Crippen LogP contribution in [0.5, 0.6) is 0 Å². The van der Waals surface area contributed by atoms with Crippen LogP contribution in [0.4, 0.5) is 15.9 Å². The highest BCUT2D eigenvalue weighted by Gasteiger charge is 2.16. The molecule has 0 saturated carbocycles. The molecular formula is C21H19FN4O3. The molecule has 0 saturated heterocycles. The van der Waals surface area contributed by atoms with Crippen molar-refractivity contribution < 1.29 is 18.7 Å². The van der Waals surface area contributed by atoms with E-state index in [0.29, 0.717) is 17.1 Å². The standard InChI is InChI=1S/C21H19FN4O3/c1-2-29-21(28)15-8-4-6-10-17(15)24-20(27)18-11-12-19(26-25-18)23-13-14-7-3-5-9-16(14)22/h3-12H,2,13H2,1H3,(H,23,26)(H,24,27). The van der Waals surface area contributed by atoms with Gasteiger partial charge in [-0.1, -0.05) is 30.3 Å². The van der Waals surface area contributed by atoms with Gasteiger partial charge >= 0.3 is 5.97 Å². The molecule has 0 aliphatic rings. The smallest absolute Gasteiger partial charge is 0.340 e. The number of carbonyl (C=O) groups excluding carboxylic acids is 2. The lowest BCUT2D eigenvalue weighted by molar-refractivity contribution is 0.0527. The molecule has 1 heterocycles. The molecule has 0 spiro atoms. The highest BCUT2D eigenvalue weighted by Crippen LogP contribution is 2.17. The third-order valence-electron chi connectivity index (χ3n) is 3.99. The van der Waals surface area contributed by atoms with E-state index in [1.165, 1.54) is 12.1 Å². The van der Waals surface area contributed by atoms with Crippen LogP contribution in [0.25, 0.3) is 0 Å². The van der Waals surface area contributed by atoms with Crippen molar-refractivity contribution in [3.63, 3.8) is 0 Å². The van der Waals surface area contributed by atoms with Gasteiger partial charge in [0, 0.05) is 12.1 Å². The number of hydrogen-bond acceptors (Lipinski definition) is 6. The number of carbonyl (C=O) groups is 2. The molecular weight excluding hydrogens is 375 g/mol. The van der Waals surface area contributed by atoms with Gasteiger partial charge in [-0.05, 0) is 37.3 Å². The van der Waals surface area contributed by atoms with Gasteiger partial charge in [-0.3, -0.25) is 4.79 Å². The van der Waals surface area contributed by atoms with Gasteiger partial charge < -0.3 is 15.4 Å². The minimum Gasteiger partial charge on any atom is -0.462 e. The highest BCUT2D eigenvalue weighted by atomic mass is 19.1. The fourth-order valence-corrected chi connectivity index (χ4v) is 2.54. The van der Waals surface area contributed by atoms with Crippen LogP contribution in [0, 0.1) is 5.82 Å². The molecule has 0 radical (unpaired) electrons. The zero-order valence-corrected chi connectivity index (χ0v) is 15.7. The van der Waals surface area contributed by atoms with Gasteiger partial charge in [0.05, 0.1) is 17.9 Å². The normalized spacial score (nSPS) is 10.3. The minimum atomic E-state index is -0.526. The number of nitrogens with zero attached hydrogens (tertiary/aromatic N) is 2. The molecule has 1 aromatic heterocycles. The first-order chi connectivity index (χ1) is 14.1. The van der Waals surface area contributed by atoms with Gasteiger partial charge in [-0.15, -0.1) is 10.2 Å². The SMILES string of the molecule is CCOC(=O)c1ccccc1NC(=O)c1ccc(NCc2ccccc2F)nn1. The Morgan fingerprint density at radius 3 is 2.48 bits per heavy atom. The van der Waals surface area contributed by atoms with Gasteiger partial charge in [-0.25, -0.2) is 9.18 Å². The van der Waals surface area contributed by atoms with Gasteiger partial charge in [0.15, 0.2) is 5.69 Å². The van der Waals surface area contributed by atoms with Crippen molar-refractivity contribution in [3.8, 4) is 0 Å². The molecule has 1 amide bonds. The molecule has 0 fully saturated rings. The molecule has 2 aromatic carbocycles. The fourth-order valence-electron chi connectivity index (χ4n) is 2.54. The van der Waals surface area contributed by atoms with Gasteiger partial charge in [-0.2, -0.15) is 0 Å². The Labute approximate surface area is 166 Å². The lowest BCUT2D eigenvalue weighted by atomic mass is 10.1. The molecule has 0 atom stereocenters. The van der Waals surface area contributed by atoms with E-state index in [1.807, 2.05) is 0 Å². The number of aromatic nitrogens is 2. The summed E-state index contributed by atoms with van der Waals surface area (Å²) in [5, 5.41) is 13.4. The van der Waals surface area contributed by atoms with Crippen molar-refractivity contribution in [2.75, 3.05) is 17.2 Å². The van der Waals surface area contributed by atoms with Gasteiger partial charge in [0.25, 0.3) is 5.91 Å². The molecule has 0 aliphatic carbocycles. The van der Waals surface area contributed by atoms with Crippen LogP contribution in [0.2, 0.25) is 0 Å². The number of amides is 1. The van der Waals surface area contributed by atoms with Crippen molar-refractivity contribution in [2.24, 2.45) is 0 Å². The number of benzene rings is 2. The van der Waals surface area contributed by atoms with E-state index in [9.17, 15) is 14.0 Å². The van der Waals surface area contributed by atoms with Gasteiger partial charge in [0.1, 0.15) is 11.6 Å². The summed E-state index contributed by atoms with van der Waals surface area (Å²) in [5.41, 5.74) is 1.13. The predicted octanol–water partition coefficient (Wildman–Crippen LogP) is 3.66. The molecule has 0 unspecified atom stereocenters. The van der Waals surface area contributed by atoms with Gasteiger partial charge in [0.2, 0.25) is 0 Å². The van der Waals surface area contributed by atoms with E-state index < -0.39 is 11.9 Å². The number of ether oxygens (including phenoxy) is 1. The second-order valence-corrected chi connectivity index (χ2v) is 5.97. The summed E-state index contributed by atoms with van der Waals surface area (Å²) < 4.78 is 18.6. The molecule has 0 aliphatic heterocycles. The molecule has 0 bridgehead atoms. The number of halogens is 1. The van der Waals surface area contributed by atoms with Crippen LogP contribution >= 0.6 is 0 Å². The Balaban J connectivity index is 1.65. The first-order valence-electron chi connectivity index (χ1n) is 8.97. The number of para-hydroxylation sites is 1. The second kappa shape index (κ2) is 9.41. The Morgan fingerprint density at radius 2 is 1.76 bits per heavy atom. The molecule has 8 heteroatoms. The second-order valence-electron chi connectivity index (χ2n) is 5.97. The number of hydrogen-bond donors (Lipinski definition) is 2. The number of esters is 1. The van der Waals surface area contributed by atoms with E-state index in [0.717, 1.165) is 0 Å². The maximum atomic E-state index is 13.6. The van der Waals surface area contributed by atoms with E-state index in [4.69, 9.17) is 4.74 Å². The summed E-state index contributed by atoms with van der Waals surface area (Å²) in [6.07, 6.45) is 0. The van der Waals surface area contributed by atoms with Crippen molar-refractivity contribution in [3.05, 3.63) is 83.3 Å². The Morgan fingerprint density at radius 1 is 1.00 bits per heavy atom. The Kier molecular flexibility index (Phi) is 6.47. The lowest BCUT2D eigenvalue weighted by Gasteiger charge is -2.10. The number of nitrogens with one attached hydrogen (secondary N) is 2.